The largest absolute Gasteiger partial charge is 0.381 e. The van der Waals surface area contributed by atoms with Crippen molar-refractivity contribution in [3.05, 3.63) is 35.4 Å². The zero-order chi connectivity index (χ0) is 12.8. The van der Waals surface area contributed by atoms with Gasteiger partial charge in [0.1, 0.15) is 0 Å². The predicted octanol–water partition coefficient (Wildman–Crippen LogP) is 4.63. The van der Waals surface area contributed by atoms with E-state index in [0.29, 0.717) is 0 Å². The second-order valence-electron chi connectivity index (χ2n) is 2.94. The summed E-state index contributed by atoms with van der Waals surface area (Å²) in [5.74, 6) is 0. The smallest absolute Gasteiger partial charge is 0.0506 e. The van der Waals surface area contributed by atoms with Crippen LogP contribution in [-0.4, -0.2) is 13.2 Å². The summed E-state index contributed by atoms with van der Waals surface area (Å²) in [7, 11) is 0. The van der Waals surface area contributed by atoms with E-state index in [9.17, 15) is 0 Å². The van der Waals surface area contributed by atoms with Gasteiger partial charge in [0.25, 0.3) is 0 Å². The number of aryl methyl sites for hydroxylation is 1. The molecule has 1 aromatic carbocycles. The lowest BCUT2D eigenvalue weighted by Gasteiger charge is -2.02. The molecular weight excluding hydrogens is 196 g/mol. The van der Waals surface area contributed by atoms with Crippen LogP contribution in [0.3, 0.4) is 0 Å². The average molecular weight is 224 g/mol. The maximum atomic E-state index is 5.28. The van der Waals surface area contributed by atoms with Gasteiger partial charge in [-0.25, -0.2) is 0 Å². The third-order valence-corrected chi connectivity index (χ3v) is 1.82. The number of rotatable bonds is 4. The molecule has 0 radical (unpaired) electrons. The van der Waals surface area contributed by atoms with Crippen LogP contribution in [0.15, 0.2) is 24.3 Å². The van der Waals surface area contributed by atoms with Gasteiger partial charge in [-0.1, -0.05) is 57.5 Å². The molecule has 94 valence electrons. The topological polar surface area (TPSA) is 9.23 Å². The SMILES string of the molecule is CC.CC.CCOCCc1cccc(C)c1. The van der Waals surface area contributed by atoms with Crippen LogP contribution < -0.4 is 0 Å². The highest BCUT2D eigenvalue weighted by molar-refractivity contribution is 5.22. The summed E-state index contributed by atoms with van der Waals surface area (Å²) >= 11 is 0. The van der Waals surface area contributed by atoms with Crippen molar-refractivity contribution in [3.63, 3.8) is 0 Å². The molecule has 0 aliphatic heterocycles. The molecule has 1 aromatic rings. The quantitative estimate of drug-likeness (QED) is 0.678. The second kappa shape index (κ2) is 14.2. The molecule has 0 atom stereocenters. The molecule has 0 heterocycles. The van der Waals surface area contributed by atoms with E-state index in [2.05, 4.69) is 31.2 Å². The summed E-state index contributed by atoms with van der Waals surface area (Å²) in [6, 6.07) is 8.56. The third-order valence-electron chi connectivity index (χ3n) is 1.82. The molecule has 0 unspecified atom stereocenters. The highest BCUT2D eigenvalue weighted by Gasteiger charge is 1.92. The van der Waals surface area contributed by atoms with Crippen LogP contribution in [0.4, 0.5) is 0 Å². The fourth-order valence-electron chi connectivity index (χ4n) is 1.20. The third kappa shape index (κ3) is 9.72. The van der Waals surface area contributed by atoms with Crippen molar-refractivity contribution in [1.29, 1.82) is 0 Å². The molecule has 16 heavy (non-hydrogen) atoms. The van der Waals surface area contributed by atoms with E-state index < -0.39 is 0 Å². The van der Waals surface area contributed by atoms with E-state index in [1.165, 1.54) is 11.1 Å². The van der Waals surface area contributed by atoms with Crippen LogP contribution >= 0.6 is 0 Å². The molecule has 0 aliphatic carbocycles. The Morgan fingerprint density at radius 2 is 1.69 bits per heavy atom. The molecule has 1 heteroatoms. The van der Waals surface area contributed by atoms with E-state index in [1.807, 2.05) is 34.6 Å². The first-order valence-corrected chi connectivity index (χ1v) is 6.46. The molecule has 0 saturated carbocycles. The van der Waals surface area contributed by atoms with Gasteiger partial charge in [-0.3, -0.25) is 0 Å². The van der Waals surface area contributed by atoms with Gasteiger partial charge < -0.3 is 4.74 Å². The van der Waals surface area contributed by atoms with Crippen LogP contribution in [-0.2, 0) is 11.2 Å². The fourth-order valence-corrected chi connectivity index (χ4v) is 1.20. The van der Waals surface area contributed by atoms with Crippen molar-refractivity contribution in [2.75, 3.05) is 13.2 Å². The minimum Gasteiger partial charge on any atom is -0.381 e. The zero-order valence-electron chi connectivity index (χ0n) is 11.8. The normalized spacial score (nSPS) is 8.38. The summed E-state index contributed by atoms with van der Waals surface area (Å²) < 4.78 is 5.28. The Labute approximate surface area is 102 Å². The highest BCUT2D eigenvalue weighted by Crippen LogP contribution is 2.04. The first-order chi connectivity index (χ1) is 7.83. The minimum absolute atomic E-state index is 0.811. The average Bonchev–Trinajstić information content (AvgIpc) is 2.35. The van der Waals surface area contributed by atoms with Gasteiger partial charge in [0.2, 0.25) is 0 Å². The van der Waals surface area contributed by atoms with Gasteiger partial charge in [0, 0.05) is 6.61 Å². The van der Waals surface area contributed by atoms with Gasteiger partial charge in [-0.15, -0.1) is 0 Å². The standard InChI is InChI=1S/C11H16O.2C2H6/c1-3-12-8-7-11-6-4-5-10(2)9-11;2*1-2/h4-6,9H,3,7-8H2,1-2H3;2*1-2H3. The van der Waals surface area contributed by atoms with Crippen molar-refractivity contribution in [3.8, 4) is 0 Å². The van der Waals surface area contributed by atoms with Crippen molar-refractivity contribution in [1.82, 2.24) is 0 Å². The van der Waals surface area contributed by atoms with E-state index in [-0.39, 0.29) is 0 Å². The molecule has 0 spiro atoms. The van der Waals surface area contributed by atoms with Crippen molar-refractivity contribution >= 4 is 0 Å². The molecule has 0 N–H and O–H groups in total. The van der Waals surface area contributed by atoms with Gasteiger partial charge in [0.15, 0.2) is 0 Å². The van der Waals surface area contributed by atoms with Crippen LogP contribution in [0.1, 0.15) is 45.7 Å². The monoisotopic (exact) mass is 224 g/mol. The molecule has 1 rings (SSSR count). The number of benzene rings is 1. The van der Waals surface area contributed by atoms with E-state index in [0.717, 1.165) is 19.6 Å². The lowest BCUT2D eigenvalue weighted by atomic mass is 10.1. The molecule has 0 bridgehead atoms. The number of ether oxygens (including phenoxy) is 1. The van der Waals surface area contributed by atoms with Crippen LogP contribution in [0, 0.1) is 6.92 Å². The van der Waals surface area contributed by atoms with E-state index >= 15 is 0 Å². The summed E-state index contributed by atoms with van der Waals surface area (Å²) in [5, 5.41) is 0. The van der Waals surface area contributed by atoms with E-state index in [4.69, 9.17) is 4.74 Å². The zero-order valence-corrected chi connectivity index (χ0v) is 11.8. The van der Waals surface area contributed by atoms with Crippen molar-refractivity contribution < 1.29 is 4.74 Å². The molecule has 0 amide bonds. The van der Waals surface area contributed by atoms with Gasteiger partial charge >= 0.3 is 0 Å². The first-order valence-electron chi connectivity index (χ1n) is 6.46. The number of hydrogen-bond donors (Lipinski definition) is 0. The first kappa shape index (κ1) is 17.6. The Kier molecular flexibility index (Phi) is 15.6. The fraction of sp³-hybridized carbons (Fsp3) is 0.600. The van der Waals surface area contributed by atoms with Crippen LogP contribution in [0.25, 0.3) is 0 Å². The molecule has 1 nitrogen and oxygen atoms in total. The number of hydrogen-bond acceptors (Lipinski definition) is 1. The van der Waals surface area contributed by atoms with Crippen molar-refractivity contribution in [2.24, 2.45) is 0 Å². The predicted molar refractivity (Wildman–Crippen MR) is 74.1 cm³/mol. The summed E-state index contributed by atoms with van der Waals surface area (Å²) in [4.78, 5) is 0. The summed E-state index contributed by atoms with van der Waals surface area (Å²) in [6.07, 6.45) is 1.02. The molecular formula is C15H28O. The van der Waals surface area contributed by atoms with E-state index in [1.54, 1.807) is 0 Å². The minimum atomic E-state index is 0.811. The van der Waals surface area contributed by atoms with Crippen LogP contribution in [0.2, 0.25) is 0 Å². The highest BCUT2D eigenvalue weighted by atomic mass is 16.5. The maximum Gasteiger partial charge on any atom is 0.0506 e. The van der Waals surface area contributed by atoms with Crippen molar-refractivity contribution in [2.45, 2.75) is 48.0 Å². The lowest BCUT2D eigenvalue weighted by molar-refractivity contribution is 0.151. The van der Waals surface area contributed by atoms with Crippen LogP contribution in [0.5, 0.6) is 0 Å². The molecule has 0 aliphatic rings. The van der Waals surface area contributed by atoms with Gasteiger partial charge in [-0.2, -0.15) is 0 Å². The van der Waals surface area contributed by atoms with Gasteiger partial charge in [0.05, 0.1) is 6.61 Å². The summed E-state index contributed by atoms with van der Waals surface area (Å²) in [6.45, 7) is 13.8. The Balaban J connectivity index is 0. The molecule has 0 saturated heterocycles. The second-order valence-corrected chi connectivity index (χ2v) is 2.94. The molecule has 0 aromatic heterocycles. The Bertz CT molecular complexity index is 231. The molecule has 0 fully saturated rings. The maximum absolute atomic E-state index is 5.28. The Morgan fingerprint density at radius 3 is 2.19 bits per heavy atom. The van der Waals surface area contributed by atoms with Gasteiger partial charge in [-0.05, 0) is 25.8 Å². The Morgan fingerprint density at radius 1 is 1.06 bits per heavy atom. The Hall–Kier alpha value is -0.820. The lowest BCUT2D eigenvalue weighted by Crippen LogP contribution is -1.97. The summed E-state index contributed by atoms with van der Waals surface area (Å²) in [5.41, 5.74) is 2.69.